The third-order valence-corrected chi connectivity index (χ3v) is 3.07. The molecule has 1 heterocycles. The molecule has 1 aromatic heterocycles. The molecule has 0 aromatic carbocycles. The number of thiophene rings is 1. The minimum Gasteiger partial charge on any atom is -0.384 e. The van der Waals surface area contributed by atoms with Crippen LogP contribution >= 0.6 is 22.9 Å². The number of hydrogen-bond donors (Lipinski definition) is 1. The highest BCUT2D eigenvalue weighted by atomic mass is 35.5. The molecular formula is C8H9ClO2S. The minimum atomic E-state index is -1.07. The molecule has 0 bridgehead atoms. The van der Waals surface area contributed by atoms with Crippen LogP contribution in [0.4, 0.5) is 0 Å². The summed E-state index contributed by atoms with van der Waals surface area (Å²) in [6.45, 7) is 1.60. The van der Waals surface area contributed by atoms with E-state index in [1.54, 1.807) is 19.1 Å². The second-order valence-corrected chi connectivity index (χ2v) is 4.46. The molecule has 0 saturated heterocycles. The van der Waals surface area contributed by atoms with Crippen molar-refractivity contribution in [2.45, 2.75) is 18.9 Å². The van der Waals surface area contributed by atoms with Gasteiger partial charge >= 0.3 is 0 Å². The number of aldehydes is 1. The normalized spacial score (nSPS) is 15.6. The highest BCUT2D eigenvalue weighted by Gasteiger charge is 2.24. The van der Waals surface area contributed by atoms with Gasteiger partial charge in [0.2, 0.25) is 0 Å². The Hall–Kier alpha value is -0.380. The summed E-state index contributed by atoms with van der Waals surface area (Å²) in [5, 5.41) is 9.72. The van der Waals surface area contributed by atoms with Crippen LogP contribution in [0, 0.1) is 0 Å². The Morgan fingerprint density at radius 3 is 2.83 bits per heavy atom. The van der Waals surface area contributed by atoms with Crippen molar-refractivity contribution >= 4 is 29.2 Å². The predicted molar refractivity (Wildman–Crippen MR) is 49.6 cm³/mol. The summed E-state index contributed by atoms with van der Waals surface area (Å²) in [6, 6.07) is 3.44. The van der Waals surface area contributed by atoms with Crippen molar-refractivity contribution in [3.05, 3.63) is 21.3 Å². The van der Waals surface area contributed by atoms with E-state index < -0.39 is 5.60 Å². The van der Waals surface area contributed by atoms with Crippen LogP contribution in [0.25, 0.3) is 0 Å². The van der Waals surface area contributed by atoms with Crippen molar-refractivity contribution < 1.29 is 9.90 Å². The molecule has 0 saturated carbocycles. The number of carbonyl (C=O) groups is 1. The van der Waals surface area contributed by atoms with Gasteiger partial charge in [-0.15, -0.1) is 11.3 Å². The van der Waals surface area contributed by atoms with E-state index >= 15 is 0 Å². The number of aliphatic hydroxyl groups is 1. The monoisotopic (exact) mass is 204 g/mol. The van der Waals surface area contributed by atoms with Gasteiger partial charge < -0.3 is 9.90 Å². The molecule has 1 N–H and O–H groups in total. The average molecular weight is 205 g/mol. The Kier molecular flexibility index (Phi) is 2.88. The van der Waals surface area contributed by atoms with Gasteiger partial charge in [0.25, 0.3) is 0 Å². The average Bonchev–Trinajstić information content (AvgIpc) is 2.36. The van der Waals surface area contributed by atoms with Crippen LogP contribution < -0.4 is 0 Å². The lowest BCUT2D eigenvalue weighted by Crippen LogP contribution is -2.19. The first kappa shape index (κ1) is 9.71. The summed E-state index contributed by atoms with van der Waals surface area (Å²) in [5.41, 5.74) is -1.07. The van der Waals surface area contributed by atoms with E-state index in [0.717, 1.165) is 4.88 Å². The second-order valence-electron chi connectivity index (χ2n) is 2.75. The van der Waals surface area contributed by atoms with Crippen molar-refractivity contribution in [3.8, 4) is 0 Å². The van der Waals surface area contributed by atoms with E-state index in [1.165, 1.54) is 11.3 Å². The van der Waals surface area contributed by atoms with Crippen LogP contribution in [0.15, 0.2) is 12.1 Å². The van der Waals surface area contributed by atoms with Gasteiger partial charge in [-0.25, -0.2) is 0 Å². The van der Waals surface area contributed by atoms with Gasteiger partial charge in [0, 0.05) is 11.3 Å². The van der Waals surface area contributed by atoms with E-state index in [2.05, 4.69) is 0 Å². The molecule has 0 aliphatic heterocycles. The van der Waals surface area contributed by atoms with E-state index in [4.69, 9.17) is 11.6 Å². The Morgan fingerprint density at radius 1 is 1.75 bits per heavy atom. The fourth-order valence-corrected chi connectivity index (χ4v) is 1.96. The highest BCUT2D eigenvalue weighted by molar-refractivity contribution is 7.16. The van der Waals surface area contributed by atoms with E-state index in [9.17, 15) is 9.90 Å². The standard InChI is InChI=1S/C8H9ClO2S/c1-8(11,4-5-10)6-2-3-7(9)12-6/h2-3,5,11H,4H2,1H3. The molecule has 1 unspecified atom stereocenters. The first-order valence-electron chi connectivity index (χ1n) is 3.48. The lowest BCUT2D eigenvalue weighted by Gasteiger charge is -2.17. The van der Waals surface area contributed by atoms with Gasteiger partial charge in [-0.2, -0.15) is 0 Å². The summed E-state index contributed by atoms with van der Waals surface area (Å²) in [7, 11) is 0. The largest absolute Gasteiger partial charge is 0.384 e. The molecule has 0 fully saturated rings. The molecular weight excluding hydrogens is 196 g/mol. The van der Waals surface area contributed by atoms with E-state index in [1.807, 2.05) is 0 Å². The number of halogens is 1. The Morgan fingerprint density at radius 2 is 2.42 bits per heavy atom. The van der Waals surface area contributed by atoms with Crippen molar-refractivity contribution in [2.75, 3.05) is 0 Å². The van der Waals surface area contributed by atoms with Gasteiger partial charge in [-0.1, -0.05) is 11.6 Å². The molecule has 1 aromatic rings. The molecule has 0 amide bonds. The number of carbonyl (C=O) groups excluding carboxylic acids is 1. The number of hydrogen-bond acceptors (Lipinski definition) is 3. The van der Waals surface area contributed by atoms with Crippen LogP contribution in [-0.2, 0) is 10.4 Å². The van der Waals surface area contributed by atoms with Crippen molar-refractivity contribution in [3.63, 3.8) is 0 Å². The summed E-state index contributed by atoms with van der Waals surface area (Å²) in [4.78, 5) is 10.9. The SMILES string of the molecule is CC(O)(CC=O)c1ccc(Cl)s1. The summed E-state index contributed by atoms with van der Waals surface area (Å²) >= 11 is 6.98. The molecule has 66 valence electrons. The zero-order chi connectivity index (χ0) is 9.19. The molecule has 4 heteroatoms. The van der Waals surface area contributed by atoms with Crippen molar-refractivity contribution in [1.82, 2.24) is 0 Å². The van der Waals surface area contributed by atoms with Gasteiger partial charge in [0.1, 0.15) is 11.9 Å². The molecule has 0 aliphatic rings. The van der Waals surface area contributed by atoms with Gasteiger partial charge in [0.15, 0.2) is 0 Å². The lowest BCUT2D eigenvalue weighted by atomic mass is 10.0. The van der Waals surface area contributed by atoms with E-state index in [0.29, 0.717) is 10.6 Å². The molecule has 1 atom stereocenters. The zero-order valence-corrected chi connectivity index (χ0v) is 8.15. The van der Waals surface area contributed by atoms with Crippen LogP contribution in [0.5, 0.6) is 0 Å². The fourth-order valence-electron chi connectivity index (χ4n) is 0.867. The first-order chi connectivity index (χ1) is 5.56. The van der Waals surface area contributed by atoms with Gasteiger partial charge in [-0.05, 0) is 19.1 Å². The molecule has 2 nitrogen and oxygen atoms in total. The summed E-state index contributed by atoms with van der Waals surface area (Å²) in [5.74, 6) is 0. The molecule has 0 radical (unpaired) electrons. The van der Waals surface area contributed by atoms with Crippen molar-refractivity contribution in [1.29, 1.82) is 0 Å². The highest BCUT2D eigenvalue weighted by Crippen LogP contribution is 2.32. The summed E-state index contributed by atoms with van der Waals surface area (Å²) in [6.07, 6.45) is 0.803. The van der Waals surface area contributed by atoms with Crippen LogP contribution in [-0.4, -0.2) is 11.4 Å². The molecule has 12 heavy (non-hydrogen) atoms. The first-order valence-corrected chi connectivity index (χ1v) is 4.67. The zero-order valence-electron chi connectivity index (χ0n) is 6.58. The van der Waals surface area contributed by atoms with Crippen LogP contribution in [0.3, 0.4) is 0 Å². The molecule has 1 rings (SSSR count). The van der Waals surface area contributed by atoms with E-state index in [-0.39, 0.29) is 6.42 Å². The van der Waals surface area contributed by atoms with Gasteiger partial charge in [-0.3, -0.25) is 0 Å². The quantitative estimate of drug-likeness (QED) is 0.767. The topological polar surface area (TPSA) is 37.3 Å². The van der Waals surface area contributed by atoms with Crippen LogP contribution in [0.2, 0.25) is 4.34 Å². The summed E-state index contributed by atoms with van der Waals surface area (Å²) < 4.78 is 0.621. The maximum atomic E-state index is 10.2. The lowest BCUT2D eigenvalue weighted by molar-refractivity contribution is -0.111. The van der Waals surface area contributed by atoms with Crippen molar-refractivity contribution in [2.24, 2.45) is 0 Å². The third-order valence-electron chi connectivity index (χ3n) is 1.58. The fraction of sp³-hybridized carbons (Fsp3) is 0.375. The Labute approximate surface area is 79.8 Å². The smallest absolute Gasteiger partial charge is 0.123 e. The molecule has 0 aliphatic carbocycles. The second kappa shape index (κ2) is 3.56. The number of rotatable bonds is 3. The minimum absolute atomic E-state index is 0.101. The van der Waals surface area contributed by atoms with Gasteiger partial charge in [0.05, 0.1) is 4.34 Å². The molecule has 0 spiro atoms. The maximum absolute atomic E-state index is 10.2. The predicted octanol–water partition coefficient (Wildman–Crippen LogP) is 2.20. The maximum Gasteiger partial charge on any atom is 0.123 e. The third kappa shape index (κ3) is 2.06. The Balaban J connectivity index is 2.88. The van der Waals surface area contributed by atoms with Crippen LogP contribution in [0.1, 0.15) is 18.2 Å². The Bertz CT molecular complexity index is 280.